The fourth-order valence-electron chi connectivity index (χ4n) is 5.51. The average molecular weight is 793 g/mol. The molecule has 25 heteroatoms. The first kappa shape index (κ1) is 34.0. The molecule has 4 bridgehead atoms. The number of aliphatic hydroxyl groups is 2. The van der Waals surface area contributed by atoms with Gasteiger partial charge in [-0.15, -0.1) is 0 Å². The van der Waals surface area contributed by atoms with Gasteiger partial charge in [-0.2, -0.15) is 4.98 Å². The number of fused-ring (bicyclic) bond motifs is 6. The van der Waals surface area contributed by atoms with Gasteiger partial charge in [0.15, 0.2) is 23.6 Å². The van der Waals surface area contributed by atoms with Gasteiger partial charge in [0.05, 0.1) is 40.6 Å². The second kappa shape index (κ2) is 12.4. The van der Waals surface area contributed by atoms with Crippen LogP contribution >= 0.6 is 60.6 Å². The molecule has 1 aromatic carbocycles. The minimum atomic E-state index is -4.40. The summed E-state index contributed by atoms with van der Waals surface area (Å²) >= 11 is 28.2. The van der Waals surface area contributed by atoms with Crippen LogP contribution in [0.15, 0.2) is 23.3 Å². The van der Waals surface area contributed by atoms with Crippen molar-refractivity contribution in [2.24, 2.45) is 0 Å². The summed E-state index contributed by atoms with van der Waals surface area (Å²) in [5, 5.41) is 22.8. The van der Waals surface area contributed by atoms with Crippen LogP contribution in [0.2, 0.25) is 15.3 Å². The largest absolute Gasteiger partial charge is 0.387 e. The summed E-state index contributed by atoms with van der Waals surface area (Å²) in [5.41, 5.74) is 5.56. The number of aromatic amines is 1. The summed E-state index contributed by atoms with van der Waals surface area (Å²) in [6, 6.07) is 2.93. The molecule has 47 heavy (non-hydrogen) atoms. The summed E-state index contributed by atoms with van der Waals surface area (Å²) in [4.78, 5) is 38.2. The highest BCUT2D eigenvalue weighted by atomic mass is 35.5. The van der Waals surface area contributed by atoms with Crippen molar-refractivity contribution in [3.05, 3.63) is 44.1 Å². The van der Waals surface area contributed by atoms with Crippen LogP contribution in [-0.2, 0) is 43.9 Å². The molecule has 0 saturated carbocycles. The molecule has 18 nitrogen and oxygen atoms in total. The predicted molar refractivity (Wildman–Crippen MR) is 172 cm³/mol. The minimum absolute atomic E-state index is 0.0452. The van der Waals surface area contributed by atoms with Gasteiger partial charge in [-0.25, -0.2) is 14.5 Å². The highest BCUT2D eigenvalue weighted by Gasteiger charge is 2.53. The van der Waals surface area contributed by atoms with Gasteiger partial charge in [-0.1, -0.05) is 35.5 Å². The Morgan fingerprint density at radius 2 is 1.66 bits per heavy atom. The smallest absolute Gasteiger partial charge is 0.386 e. The zero-order valence-corrected chi connectivity index (χ0v) is 28.8. The summed E-state index contributed by atoms with van der Waals surface area (Å²) in [6.45, 7) is -9.86. The Morgan fingerprint density at radius 1 is 1.02 bits per heavy atom. The molecule has 0 spiro atoms. The monoisotopic (exact) mass is 791 g/mol. The number of anilines is 1. The van der Waals surface area contributed by atoms with E-state index in [1.165, 1.54) is 27.6 Å². The maximum atomic E-state index is 13.6. The van der Waals surface area contributed by atoms with Crippen molar-refractivity contribution in [1.82, 2.24) is 29.1 Å². The van der Waals surface area contributed by atoms with Gasteiger partial charge in [-0.05, 0) is 35.5 Å². The number of rotatable bonds is 2. The van der Waals surface area contributed by atoms with E-state index in [9.17, 15) is 24.5 Å². The molecule has 7 rings (SSSR count). The number of aliphatic hydroxyl groups excluding tert-OH is 2. The molecule has 0 aliphatic carbocycles. The summed E-state index contributed by atoms with van der Waals surface area (Å²) < 4.78 is 50.7. The van der Waals surface area contributed by atoms with E-state index in [1.807, 2.05) is 0 Å². The zero-order valence-electron chi connectivity index (χ0n) is 23.1. The van der Waals surface area contributed by atoms with Crippen molar-refractivity contribution >= 4 is 101 Å². The first-order valence-corrected chi connectivity index (χ1v) is 19.8. The van der Waals surface area contributed by atoms with Crippen LogP contribution in [-0.4, -0.2) is 94.0 Å². The number of hydrogen-bond donors (Lipinski definition) is 6. The minimum Gasteiger partial charge on any atom is -0.387 e. The van der Waals surface area contributed by atoms with Gasteiger partial charge in [0.1, 0.15) is 36.6 Å². The van der Waals surface area contributed by atoms with E-state index in [-0.39, 0.29) is 32.4 Å². The number of nitrogens with two attached hydrogens (primary N) is 1. The fraction of sp³-hybridized carbons (Fsp3) is 0.455. The number of ether oxygens (including phenoxy) is 2. The van der Waals surface area contributed by atoms with Gasteiger partial charge in [0.25, 0.3) is 5.56 Å². The number of H-pyrrole nitrogens is 1. The Balaban J connectivity index is 1.24. The molecular formula is C22H22Cl3N7O11P2S2. The maximum Gasteiger partial charge on any atom is 0.386 e. The zero-order chi connectivity index (χ0) is 33.6. The predicted octanol–water partition coefficient (Wildman–Crippen LogP) is 2.30. The van der Waals surface area contributed by atoms with Crippen molar-refractivity contribution < 1.29 is 47.2 Å². The second-order valence-electron chi connectivity index (χ2n) is 10.6. The van der Waals surface area contributed by atoms with Gasteiger partial charge >= 0.3 is 13.5 Å². The molecule has 254 valence electrons. The second-order valence-corrected chi connectivity index (χ2v) is 17.4. The Labute approximate surface area is 287 Å². The van der Waals surface area contributed by atoms with Crippen LogP contribution in [0.5, 0.6) is 0 Å². The topological polar surface area (TPSA) is 241 Å². The number of thiol groups is 1. The lowest BCUT2D eigenvalue weighted by molar-refractivity contribution is -0.0599. The van der Waals surface area contributed by atoms with E-state index in [1.54, 1.807) is 0 Å². The van der Waals surface area contributed by atoms with Crippen LogP contribution in [0.4, 0.5) is 5.95 Å². The number of nitrogens with one attached hydrogen (secondary N) is 1. The van der Waals surface area contributed by atoms with Gasteiger partial charge in [-0.3, -0.25) is 32.5 Å². The van der Waals surface area contributed by atoms with E-state index in [4.69, 9.17) is 79.9 Å². The number of nitrogen functional groups attached to an aromatic ring is 1. The van der Waals surface area contributed by atoms with Crippen molar-refractivity contribution in [3.63, 3.8) is 0 Å². The molecular weight excluding hydrogens is 771 g/mol. The standard InChI is InChI=1S/C22H22Cl3N7O11P2S2/c23-6-1-8-9(2-7(6)24)32(21(25)28-8)20-16-14(34)11(41-20)4-39-44(36,46)42-15-13(33)10(3-38-45(37,47)43-16)40-19(15)31-5-27-12-17(31)29-22(26)30-18(12)35/h1-2,5,10-11,13-16,19-20,33-34H,3-4H2,(H,36,46)(H,37,47)(H3,26,29,30,35)/t10-,11-,13?,14?,15?,16?,19-,20-,44?,45?/m1/s1. The van der Waals surface area contributed by atoms with Crippen LogP contribution in [0, 0.1) is 0 Å². The van der Waals surface area contributed by atoms with Crippen molar-refractivity contribution in [1.29, 1.82) is 0 Å². The third kappa shape index (κ3) is 6.27. The molecule has 6 unspecified atom stereocenters. The molecule has 6 heterocycles. The summed E-state index contributed by atoms with van der Waals surface area (Å²) in [7, 11) is 0. The number of benzene rings is 1. The maximum absolute atomic E-state index is 13.6. The molecule has 3 aromatic heterocycles. The highest BCUT2D eigenvalue weighted by Crippen LogP contribution is 2.58. The van der Waals surface area contributed by atoms with E-state index >= 15 is 0 Å². The Morgan fingerprint density at radius 3 is 2.38 bits per heavy atom. The molecule has 3 aliphatic rings. The normalized spacial score (nSPS) is 36.7. The first-order valence-electron chi connectivity index (χ1n) is 13.4. The first-order chi connectivity index (χ1) is 22.1. The van der Waals surface area contributed by atoms with Gasteiger partial charge in [0.2, 0.25) is 11.2 Å². The number of halogens is 3. The van der Waals surface area contributed by atoms with Gasteiger partial charge < -0.3 is 34.8 Å². The third-order valence-corrected chi connectivity index (χ3v) is 11.8. The highest BCUT2D eigenvalue weighted by molar-refractivity contribution is 8.44. The molecule has 4 aromatic rings. The van der Waals surface area contributed by atoms with Crippen LogP contribution in [0.25, 0.3) is 22.2 Å². The lowest BCUT2D eigenvalue weighted by Crippen LogP contribution is -2.37. The van der Waals surface area contributed by atoms with Crippen LogP contribution < -0.4 is 11.3 Å². The van der Waals surface area contributed by atoms with Gasteiger partial charge in [0, 0.05) is 0 Å². The Bertz CT molecular complexity index is 2050. The number of imidazole rings is 2. The quantitative estimate of drug-likeness (QED) is 0.126. The molecule has 0 amide bonds. The number of aromatic nitrogens is 6. The molecule has 3 fully saturated rings. The van der Waals surface area contributed by atoms with Crippen LogP contribution in [0.3, 0.4) is 0 Å². The van der Waals surface area contributed by atoms with Crippen LogP contribution in [0.1, 0.15) is 12.5 Å². The Hall–Kier alpha value is -1.42. The lowest BCUT2D eigenvalue weighted by atomic mass is 10.1. The molecule has 0 radical (unpaired) electrons. The number of hydrogen-bond acceptors (Lipinski definition) is 15. The number of nitrogens with zero attached hydrogens (tertiary/aromatic N) is 5. The van der Waals surface area contributed by atoms with Crippen molar-refractivity contribution in [2.75, 3.05) is 18.9 Å². The average Bonchev–Trinajstić information content (AvgIpc) is 3.70. The van der Waals surface area contributed by atoms with E-state index in [0.29, 0.717) is 11.0 Å². The summed E-state index contributed by atoms with van der Waals surface area (Å²) in [5.74, 6) is -0.233. The van der Waals surface area contributed by atoms with Crippen molar-refractivity contribution in [2.45, 2.75) is 49.1 Å². The molecule has 6 N–H and O–H groups in total. The van der Waals surface area contributed by atoms with E-state index < -0.39 is 81.4 Å². The van der Waals surface area contributed by atoms with E-state index in [2.05, 4.69) is 32.2 Å². The summed E-state index contributed by atoms with van der Waals surface area (Å²) in [6.07, 6.45) is -10.2. The van der Waals surface area contributed by atoms with Crippen molar-refractivity contribution in [3.8, 4) is 0 Å². The SMILES string of the molecule is Nc1nc2c(ncn2[C@@H]2O[C@@H]3COP(O)(=S)OC4C(O)[C@@H](COP(=O)(S)OC2C3O)O[C@H]4n2c(Cl)nc3cc(Cl)c(Cl)cc32)c(=O)[nH]1. The fourth-order valence-corrected chi connectivity index (χ4v) is 8.97. The lowest BCUT2D eigenvalue weighted by Gasteiger charge is -2.28. The Kier molecular flexibility index (Phi) is 8.99. The molecule has 3 aliphatic heterocycles. The molecule has 10 atom stereocenters. The molecule has 3 saturated heterocycles. The van der Waals surface area contributed by atoms with E-state index in [0.717, 1.165) is 0 Å². The third-order valence-electron chi connectivity index (χ3n) is 7.61.